The maximum absolute atomic E-state index is 11.8. The molecule has 0 aliphatic rings. The lowest BCUT2D eigenvalue weighted by atomic mass is 10.1. The van der Waals surface area contributed by atoms with Crippen molar-refractivity contribution in [3.63, 3.8) is 0 Å². The number of nitrogens with one attached hydrogen (secondary N) is 1. The normalized spacial score (nSPS) is 13.3. The Morgan fingerprint density at radius 1 is 1.29 bits per heavy atom. The molecule has 1 aromatic carbocycles. The van der Waals surface area contributed by atoms with Crippen molar-refractivity contribution in [1.29, 1.82) is 0 Å². The minimum atomic E-state index is -3.28. The Balaban J connectivity index is 2.09. The zero-order chi connectivity index (χ0) is 15.5. The smallest absolute Gasteiger partial charge is 0.175 e. The molecule has 1 unspecified atom stereocenters. The predicted octanol–water partition coefficient (Wildman–Crippen LogP) is 3.53. The average molecular weight is 344 g/mol. The fraction of sp³-hybridized carbons (Fsp3) is 0.333. The van der Waals surface area contributed by atoms with E-state index in [1.54, 1.807) is 29.5 Å². The highest BCUT2D eigenvalue weighted by Crippen LogP contribution is 2.24. The molecule has 1 aromatic heterocycles. The van der Waals surface area contributed by atoms with E-state index in [2.05, 4.69) is 23.7 Å². The Morgan fingerprint density at radius 3 is 2.67 bits per heavy atom. The lowest BCUT2D eigenvalue weighted by Crippen LogP contribution is -2.28. The van der Waals surface area contributed by atoms with Crippen molar-refractivity contribution in [2.24, 2.45) is 0 Å². The third-order valence-corrected chi connectivity index (χ3v) is 5.62. The van der Waals surface area contributed by atoms with Gasteiger partial charge in [0, 0.05) is 34.3 Å². The van der Waals surface area contributed by atoms with Crippen LogP contribution in [-0.4, -0.2) is 20.7 Å². The summed E-state index contributed by atoms with van der Waals surface area (Å²) in [5, 5.41) is 5.88. The van der Waals surface area contributed by atoms with Gasteiger partial charge in [0.25, 0.3) is 0 Å². The summed E-state index contributed by atoms with van der Waals surface area (Å²) < 4.78 is 23.6. The molecule has 1 N–H and O–H groups in total. The second-order valence-corrected chi connectivity index (χ2v) is 8.48. The van der Waals surface area contributed by atoms with Gasteiger partial charge in [-0.15, -0.1) is 11.3 Å². The Morgan fingerprint density at radius 2 is 2.05 bits per heavy atom. The average Bonchev–Trinajstić information content (AvgIpc) is 2.88. The van der Waals surface area contributed by atoms with Crippen molar-refractivity contribution >= 4 is 32.8 Å². The van der Waals surface area contributed by atoms with Crippen LogP contribution < -0.4 is 5.32 Å². The summed E-state index contributed by atoms with van der Waals surface area (Å²) in [5.74, 6) is 0. The second kappa shape index (κ2) is 6.92. The molecule has 1 heterocycles. The molecule has 1 atom stereocenters. The van der Waals surface area contributed by atoms with E-state index < -0.39 is 9.84 Å². The number of benzene rings is 1. The molecule has 0 fully saturated rings. The summed E-state index contributed by atoms with van der Waals surface area (Å²) in [4.78, 5) is 1.60. The molecule has 0 amide bonds. The summed E-state index contributed by atoms with van der Waals surface area (Å²) in [6.45, 7) is 2.52. The molecular weight excluding hydrogens is 326 g/mol. The fourth-order valence-electron chi connectivity index (χ4n) is 2.14. The molecule has 2 rings (SSSR count). The van der Waals surface area contributed by atoms with Crippen molar-refractivity contribution in [2.45, 2.75) is 30.8 Å². The van der Waals surface area contributed by atoms with E-state index in [1.807, 2.05) is 6.07 Å². The van der Waals surface area contributed by atoms with Gasteiger partial charge in [-0.3, -0.25) is 0 Å². The summed E-state index contributed by atoms with van der Waals surface area (Å²) in [6, 6.07) is 9.35. The van der Waals surface area contributed by atoms with E-state index >= 15 is 0 Å². The van der Waals surface area contributed by atoms with Crippen molar-refractivity contribution < 1.29 is 8.42 Å². The minimum Gasteiger partial charge on any atom is -0.310 e. The van der Waals surface area contributed by atoms with E-state index in [-0.39, 0.29) is 6.04 Å². The number of halogens is 1. The van der Waals surface area contributed by atoms with Crippen molar-refractivity contribution in [3.8, 4) is 0 Å². The van der Waals surface area contributed by atoms with Gasteiger partial charge in [0.05, 0.1) is 4.90 Å². The van der Waals surface area contributed by atoms with Crippen molar-refractivity contribution in [1.82, 2.24) is 5.32 Å². The van der Waals surface area contributed by atoms with Gasteiger partial charge in [-0.05, 0) is 36.9 Å². The third kappa shape index (κ3) is 4.54. The number of hydrogen-bond donors (Lipinski definition) is 1. The summed E-state index contributed by atoms with van der Waals surface area (Å²) in [6.07, 6.45) is 2.12. The van der Waals surface area contributed by atoms with Crippen LogP contribution in [0.5, 0.6) is 0 Å². The van der Waals surface area contributed by atoms with Crippen LogP contribution in [0, 0.1) is 0 Å². The Bertz CT molecular complexity index is 696. The van der Waals surface area contributed by atoms with E-state index in [1.165, 1.54) is 11.1 Å². The molecule has 114 valence electrons. The van der Waals surface area contributed by atoms with E-state index in [0.29, 0.717) is 22.0 Å². The predicted molar refractivity (Wildman–Crippen MR) is 88.9 cm³/mol. The van der Waals surface area contributed by atoms with Gasteiger partial charge in [0.15, 0.2) is 9.84 Å². The molecule has 21 heavy (non-hydrogen) atoms. The lowest BCUT2D eigenvalue weighted by Gasteiger charge is -2.16. The van der Waals surface area contributed by atoms with Crippen LogP contribution in [0.3, 0.4) is 0 Å². The van der Waals surface area contributed by atoms with Crippen LogP contribution in [0.2, 0.25) is 5.02 Å². The second-order valence-electron chi connectivity index (χ2n) is 5.05. The maximum atomic E-state index is 11.8. The highest BCUT2D eigenvalue weighted by Gasteiger charge is 2.16. The van der Waals surface area contributed by atoms with Gasteiger partial charge in [-0.25, -0.2) is 8.42 Å². The first-order valence-electron chi connectivity index (χ1n) is 6.61. The number of thiophene rings is 1. The van der Waals surface area contributed by atoms with Gasteiger partial charge >= 0.3 is 0 Å². The zero-order valence-electron chi connectivity index (χ0n) is 12.0. The van der Waals surface area contributed by atoms with Gasteiger partial charge in [-0.1, -0.05) is 23.7 Å². The molecular formula is C15H18ClNO2S2. The maximum Gasteiger partial charge on any atom is 0.175 e. The highest BCUT2D eigenvalue weighted by atomic mass is 35.5. The summed E-state index contributed by atoms with van der Waals surface area (Å²) in [7, 11) is -3.28. The molecule has 0 spiro atoms. The van der Waals surface area contributed by atoms with E-state index in [0.717, 1.165) is 6.42 Å². The summed E-state index contributed by atoms with van der Waals surface area (Å²) in [5.41, 5.74) is 0.639. The molecule has 2 aromatic rings. The quantitative estimate of drug-likeness (QED) is 0.872. The van der Waals surface area contributed by atoms with E-state index in [9.17, 15) is 8.42 Å². The molecule has 0 aliphatic carbocycles. The van der Waals surface area contributed by atoms with Crippen LogP contribution in [0.1, 0.15) is 17.4 Å². The van der Waals surface area contributed by atoms with E-state index in [4.69, 9.17) is 11.6 Å². The highest BCUT2D eigenvalue weighted by molar-refractivity contribution is 7.90. The van der Waals surface area contributed by atoms with Crippen LogP contribution in [0.25, 0.3) is 0 Å². The Labute approximate surface area is 134 Å². The van der Waals surface area contributed by atoms with Crippen molar-refractivity contribution in [2.75, 3.05) is 6.26 Å². The Hall–Kier alpha value is -0.880. The minimum absolute atomic E-state index is 0.243. The molecule has 3 nitrogen and oxygen atoms in total. The molecule has 6 heteroatoms. The molecule has 0 saturated carbocycles. The van der Waals surface area contributed by atoms with Crippen LogP contribution in [0.4, 0.5) is 0 Å². The third-order valence-electron chi connectivity index (χ3n) is 3.19. The van der Waals surface area contributed by atoms with Crippen LogP contribution in [-0.2, 0) is 22.8 Å². The first-order valence-corrected chi connectivity index (χ1v) is 9.76. The molecule has 0 radical (unpaired) electrons. The number of hydrogen-bond acceptors (Lipinski definition) is 4. The molecule has 0 bridgehead atoms. The lowest BCUT2D eigenvalue weighted by molar-refractivity contribution is 0.543. The monoisotopic (exact) mass is 343 g/mol. The number of sulfone groups is 1. The first-order chi connectivity index (χ1) is 9.88. The molecule has 0 aliphatic heterocycles. The Kier molecular flexibility index (Phi) is 5.43. The van der Waals surface area contributed by atoms with Crippen LogP contribution >= 0.6 is 22.9 Å². The standard InChI is InChI=1S/C15H18ClNO2S2/c1-11(9-12-5-4-8-20-12)17-10-13-14(16)6-3-7-15(13)21(2,18)19/h3-8,11,17H,9-10H2,1-2H3. The van der Waals surface area contributed by atoms with Gasteiger partial charge in [0.2, 0.25) is 0 Å². The first kappa shape index (κ1) is 16.5. The van der Waals surface area contributed by atoms with Gasteiger partial charge in [-0.2, -0.15) is 0 Å². The van der Waals surface area contributed by atoms with Crippen molar-refractivity contribution in [3.05, 3.63) is 51.2 Å². The topological polar surface area (TPSA) is 46.2 Å². The largest absolute Gasteiger partial charge is 0.310 e. The SMILES string of the molecule is CC(Cc1cccs1)NCc1c(Cl)cccc1S(C)(=O)=O. The van der Waals surface area contributed by atoms with Gasteiger partial charge in [0.1, 0.15) is 0 Å². The summed E-state index contributed by atoms with van der Waals surface area (Å²) >= 11 is 7.88. The van der Waals surface area contributed by atoms with Crippen LogP contribution in [0.15, 0.2) is 40.6 Å². The fourth-order valence-corrected chi connectivity index (χ4v) is 4.22. The van der Waals surface area contributed by atoms with Gasteiger partial charge < -0.3 is 5.32 Å². The zero-order valence-corrected chi connectivity index (χ0v) is 14.4. The molecule has 0 saturated heterocycles. The number of rotatable bonds is 6.